The Kier molecular flexibility index (Phi) is 6.11. The summed E-state index contributed by atoms with van der Waals surface area (Å²) in [6.45, 7) is 7.93. The number of carbonyl (C=O) groups is 2. The first kappa shape index (κ1) is 19.3. The van der Waals surface area contributed by atoms with Crippen LogP contribution in [0.2, 0.25) is 5.02 Å². The van der Waals surface area contributed by atoms with Gasteiger partial charge in [-0.25, -0.2) is 9.59 Å². The predicted molar refractivity (Wildman–Crippen MR) is 96.5 cm³/mol. The molecule has 1 aromatic rings. The lowest BCUT2D eigenvalue weighted by molar-refractivity contribution is -0.137. The van der Waals surface area contributed by atoms with Crippen molar-refractivity contribution in [1.82, 2.24) is 4.90 Å². The first-order valence-electron chi connectivity index (χ1n) is 8.31. The number of rotatable bonds is 3. The Labute approximate surface area is 153 Å². The van der Waals surface area contributed by atoms with Crippen LogP contribution in [0.3, 0.4) is 0 Å². The summed E-state index contributed by atoms with van der Waals surface area (Å²) >= 11 is 6.08. The summed E-state index contributed by atoms with van der Waals surface area (Å²) in [5, 5.41) is 0.651. The van der Waals surface area contributed by atoms with E-state index in [9.17, 15) is 9.59 Å². The van der Waals surface area contributed by atoms with Crippen LogP contribution < -0.4 is 0 Å². The number of hydrogen-bond donors (Lipinski definition) is 0. The zero-order chi connectivity index (χ0) is 18.6. The molecule has 25 heavy (non-hydrogen) atoms. The van der Waals surface area contributed by atoms with Crippen LogP contribution in [0.1, 0.15) is 38.8 Å². The maximum atomic E-state index is 12.6. The van der Waals surface area contributed by atoms with Gasteiger partial charge in [0, 0.05) is 17.6 Å². The Bertz CT molecular complexity index is 678. The van der Waals surface area contributed by atoms with Gasteiger partial charge in [0.2, 0.25) is 0 Å². The van der Waals surface area contributed by atoms with E-state index in [0.29, 0.717) is 24.6 Å². The summed E-state index contributed by atoms with van der Waals surface area (Å²) in [5.74, 6) is -0.427. The molecule has 0 saturated heterocycles. The highest BCUT2D eigenvalue weighted by Gasteiger charge is 2.31. The molecule has 0 radical (unpaired) electrons. The van der Waals surface area contributed by atoms with Crippen molar-refractivity contribution in [3.63, 3.8) is 0 Å². The van der Waals surface area contributed by atoms with Crippen LogP contribution >= 0.6 is 11.6 Å². The van der Waals surface area contributed by atoms with Gasteiger partial charge in [-0.3, -0.25) is 4.90 Å². The second-order valence-corrected chi connectivity index (χ2v) is 7.34. The second-order valence-electron chi connectivity index (χ2n) is 6.90. The third-order valence-corrected chi connectivity index (χ3v) is 3.94. The lowest BCUT2D eigenvalue weighted by Gasteiger charge is -2.36. The topological polar surface area (TPSA) is 55.8 Å². The van der Waals surface area contributed by atoms with Crippen molar-refractivity contribution in [3.8, 4) is 0 Å². The quantitative estimate of drug-likeness (QED) is 0.597. The molecule has 5 nitrogen and oxygen atoms in total. The zero-order valence-corrected chi connectivity index (χ0v) is 15.8. The molecule has 0 aromatic heterocycles. The van der Waals surface area contributed by atoms with Crippen molar-refractivity contribution in [1.29, 1.82) is 0 Å². The van der Waals surface area contributed by atoms with Crippen molar-refractivity contribution in [2.24, 2.45) is 0 Å². The van der Waals surface area contributed by atoms with E-state index in [1.165, 1.54) is 6.08 Å². The van der Waals surface area contributed by atoms with E-state index in [0.717, 1.165) is 11.1 Å². The highest BCUT2D eigenvalue weighted by molar-refractivity contribution is 6.30. The molecule has 1 aliphatic rings. The molecule has 0 unspecified atom stereocenters. The van der Waals surface area contributed by atoms with Crippen LogP contribution in [0.4, 0.5) is 4.79 Å². The highest BCUT2D eigenvalue weighted by atomic mass is 35.5. The average Bonchev–Trinajstić information content (AvgIpc) is 2.50. The first-order valence-corrected chi connectivity index (χ1v) is 8.69. The lowest BCUT2D eigenvalue weighted by Crippen LogP contribution is -2.45. The summed E-state index contributed by atoms with van der Waals surface area (Å²) in [6.07, 6.45) is 3.20. The fourth-order valence-electron chi connectivity index (χ4n) is 2.65. The zero-order valence-electron chi connectivity index (χ0n) is 15.0. The van der Waals surface area contributed by atoms with Crippen molar-refractivity contribution in [2.75, 3.05) is 6.61 Å². The van der Waals surface area contributed by atoms with Crippen LogP contribution in [-0.2, 0) is 27.2 Å². The predicted octanol–water partition coefficient (Wildman–Crippen LogP) is 4.12. The first-order chi connectivity index (χ1) is 11.7. The van der Waals surface area contributed by atoms with Gasteiger partial charge in [0.1, 0.15) is 5.60 Å². The fourth-order valence-corrected chi connectivity index (χ4v) is 2.84. The Morgan fingerprint density at radius 3 is 2.68 bits per heavy atom. The van der Waals surface area contributed by atoms with E-state index in [-0.39, 0.29) is 6.04 Å². The highest BCUT2D eigenvalue weighted by Crippen LogP contribution is 2.28. The lowest BCUT2D eigenvalue weighted by atomic mass is 9.94. The van der Waals surface area contributed by atoms with Crippen molar-refractivity contribution in [3.05, 3.63) is 46.5 Å². The molecule has 1 heterocycles. The van der Waals surface area contributed by atoms with Crippen molar-refractivity contribution in [2.45, 2.75) is 52.3 Å². The van der Waals surface area contributed by atoms with Crippen LogP contribution in [-0.4, -0.2) is 35.2 Å². The van der Waals surface area contributed by atoms with E-state index in [1.54, 1.807) is 17.9 Å². The second kappa shape index (κ2) is 7.91. The maximum Gasteiger partial charge on any atom is 0.411 e. The fraction of sp³-hybridized carbons (Fsp3) is 0.474. The van der Waals surface area contributed by atoms with E-state index < -0.39 is 17.7 Å². The SMILES string of the molecule is CCOC(=O)C=C[C@H]1Cc2cc(Cl)ccc2CN1C(=O)OC(C)(C)C. The molecule has 0 bridgehead atoms. The molecule has 0 saturated carbocycles. The number of halogens is 1. The molecule has 0 aliphatic carbocycles. The van der Waals surface area contributed by atoms with E-state index >= 15 is 0 Å². The van der Waals surface area contributed by atoms with Gasteiger partial charge in [-0.1, -0.05) is 23.7 Å². The Morgan fingerprint density at radius 2 is 2.04 bits per heavy atom. The van der Waals surface area contributed by atoms with Gasteiger partial charge in [0.15, 0.2) is 0 Å². The molecule has 2 rings (SSSR count). The van der Waals surface area contributed by atoms with Crippen LogP contribution in [0.15, 0.2) is 30.4 Å². The number of ether oxygens (including phenoxy) is 2. The standard InChI is InChI=1S/C19H24ClNO4/c1-5-24-17(22)9-8-16-11-14-10-15(20)7-6-13(14)12-21(16)18(23)25-19(2,3)4/h6-10,16H,5,11-12H2,1-4H3/t16-/m0/s1. The Hall–Kier alpha value is -2.01. The Balaban J connectivity index is 2.27. The van der Waals surface area contributed by atoms with Crippen LogP contribution in [0.5, 0.6) is 0 Å². The molecule has 6 heteroatoms. The number of nitrogens with zero attached hydrogens (tertiary/aromatic N) is 1. The normalized spacial score (nSPS) is 17.3. The summed E-state index contributed by atoms with van der Waals surface area (Å²) in [5.41, 5.74) is 1.49. The minimum Gasteiger partial charge on any atom is -0.463 e. The largest absolute Gasteiger partial charge is 0.463 e. The summed E-state index contributed by atoms with van der Waals surface area (Å²) < 4.78 is 10.4. The van der Waals surface area contributed by atoms with Gasteiger partial charge in [-0.05, 0) is 57.4 Å². The van der Waals surface area contributed by atoms with Gasteiger partial charge in [-0.2, -0.15) is 0 Å². The molecule has 1 atom stereocenters. The van der Waals surface area contributed by atoms with Gasteiger partial charge in [-0.15, -0.1) is 0 Å². The molecule has 1 aliphatic heterocycles. The molecular weight excluding hydrogens is 342 g/mol. The maximum absolute atomic E-state index is 12.6. The number of fused-ring (bicyclic) bond motifs is 1. The van der Waals surface area contributed by atoms with Crippen LogP contribution in [0.25, 0.3) is 0 Å². The summed E-state index contributed by atoms with van der Waals surface area (Å²) in [6, 6.07) is 5.32. The van der Waals surface area contributed by atoms with Crippen LogP contribution in [0, 0.1) is 0 Å². The summed E-state index contributed by atoms with van der Waals surface area (Å²) in [4.78, 5) is 25.8. The van der Waals surface area contributed by atoms with Gasteiger partial charge >= 0.3 is 12.1 Å². The average molecular weight is 366 g/mol. The van der Waals surface area contributed by atoms with E-state index in [4.69, 9.17) is 21.1 Å². The van der Waals surface area contributed by atoms with Gasteiger partial charge < -0.3 is 9.47 Å². The molecule has 0 spiro atoms. The Morgan fingerprint density at radius 1 is 1.32 bits per heavy atom. The number of esters is 1. The van der Waals surface area contributed by atoms with E-state index in [2.05, 4.69) is 0 Å². The number of amides is 1. The molecule has 0 fully saturated rings. The van der Waals surface area contributed by atoms with Crippen molar-refractivity contribution < 1.29 is 19.1 Å². The molecule has 0 N–H and O–H groups in total. The number of carbonyl (C=O) groups excluding carboxylic acids is 2. The summed E-state index contributed by atoms with van der Waals surface area (Å²) in [7, 11) is 0. The number of hydrogen-bond acceptors (Lipinski definition) is 4. The van der Waals surface area contributed by atoms with Gasteiger partial charge in [0.25, 0.3) is 0 Å². The third-order valence-electron chi connectivity index (χ3n) is 3.71. The minimum atomic E-state index is -0.591. The van der Waals surface area contributed by atoms with E-state index in [1.807, 2.05) is 39.0 Å². The molecule has 136 valence electrons. The number of benzene rings is 1. The smallest absolute Gasteiger partial charge is 0.411 e. The minimum absolute atomic E-state index is 0.301. The van der Waals surface area contributed by atoms with Gasteiger partial charge in [0.05, 0.1) is 12.6 Å². The monoisotopic (exact) mass is 365 g/mol. The molecule has 1 amide bonds. The third kappa shape index (κ3) is 5.49. The molecule has 1 aromatic carbocycles. The van der Waals surface area contributed by atoms with Crippen molar-refractivity contribution >= 4 is 23.7 Å². The molecular formula is C19H24ClNO4.